The number of carbonyl (C=O) groups excluding carboxylic acids is 1. The van der Waals surface area contributed by atoms with Crippen molar-refractivity contribution in [3.8, 4) is 0 Å². The third kappa shape index (κ3) is 5.02. The maximum absolute atomic E-state index is 12.5. The van der Waals surface area contributed by atoms with Crippen LogP contribution in [-0.4, -0.2) is 38.3 Å². The molecular formula is C17H26N4O3S. The second-order valence-corrected chi connectivity index (χ2v) is 8.59. The van der Waals surface area contributed by atoms with E-state index < -0.39 is 21.6 Å². The molecule has 0 aromatic heterocycles. The van der Waals surface area contributed by atoms with Gasteiger partial charge in [0.25, 0.3) is 10.0 Å². The zero-order valence-corrected chi connectivity index (χ0v) is 15.7. The van der Waals surface area contributed by atoms with Crippen molar-refractivity contribution in [3.05, 3.63) is 29.8 Å². The molecule has 138 valence electrons. The van der Waals surface area contributed by atoms with Crippen molar-refractivity contribution in [1.82, 2.24) is 10.0 Å². The summed E-state index contributed by atoms with van der Waals surface area (Å²) in [5.41, 5.74) is 5.87. The van der Waals surface area contributed by atoms with Gasteiger partial charge in [-0.15, -0.1) is 0 Å². The number of amidine groups is 1. The molecule has 2 rings (SSSR count). The van der Waals surface area contributed by atoms with Gasteiger partial charge in [-0.2, -0.15) is 0 Å². The van der Waals surface area contributed by atoms with Crippen LogP contribution in [0.15, 0.2) is 34.2 Å². The number of hydrogen-bond acceptors (Lipinski definition) is 5. The molecule has 25 heavy (non-hydrogen) atoms. The van der Waals surface area contributed by atoms with E-state index in [0.717, 1.165) is 12.8 Å². The maximum Gasteiger partial charge on any atom is 0.263 e. The number of unbranched alkanes of at least 4 members (excludes halogenated alkanes) is 1. The van der Waals surface area contributed by atoms with E-state index in [1.54, 1.807) is 18.2 Å². The van der Waals surface area contributed by atoms with Crippen molar-refractivity contribution in [3.63, 3.8) is 0 Å². The van der Waals surface area contributed by atoms with Gasteiger partial charge in [-0.1, -0.05) is 31.9 Å². The van der Waals surface area contributed by atoms with Crippen molar-refractivity contribution < 1.29 is 13.2 Å². The van der Waals surface area contributed by atoms with Crippen LogP contribution in [-0.2, 0) is 14.8 Å². The molecule has 0 saturated carbocycles. The zero-order chi connectivity index (χ0) is 18.7. The standard InChI is InChI=1S/C17H26N4O3S/c1-4-5-9-13(16(22)19-11-17(2,3)18)20-15-12-8-6-7-10-14(12)25(23,24)21-15/h6-8,10,13H,4-5,9,11,18H2,1-3H3,(H,19,22)(H,20,21). The summed E-state index contributed by atoms with van der Waals surface area (Å²) in [6, 6.07) is 5.95. The molecule has 0 fully saturated rings. The fraction of sp³-hybridized carbons (Fsp3) is 0.529. The number of benzene rings is 1. The van der Waals surface area contributed by atoms with Crippen molar-refractivity contribution in [1.29, 1.82) is 0 Å². The fourth-order valence-corrected chi connectivity index (χ4v) is 3.71. The summed E-state index contributed by atoms with van der Waals surface area (Å²) in [4.78, 5) is 17.1. The van der Waals surface area contributed by atoms with Crippen molar-refractivity contribution >= 4 is 21.8 Å². The highest BCUT2D eigenvalue weighted by Crippen LogP contribution is 2.23. The number of sulfonamides is 1. The number of nitrogens with one attached hydrogen (secondary N) is 2. The molecule has 0 radical (unpaired) electrons. The largest absolute Gasteiger partial charge is 0.352 e. The molecule has 8 heteroatoms. The van der Waals surface area contributed by atoms with Crippen LogP contribution in [0.2, 0.25) is 0 Å². The van der Waals surface area contributed by atoms with Crippen LogP contribution in [0.4, 0.5) is 0 Å². The lowest BCUT2D eigenvalue weighted by Crippen LogP contribution is -2.47. The van der Waals surface area contributed by atoms with Crippen molar-refractivity contribution in [2.24, 2.45) is 10.7 Å². The summed E-state index contributed by atoms with van der Waals surface area (Å²) >= 11 is 0. The quantitative estimate of drug-likeness (QED) is 0.671. The second-order valence-electron chi connectivity index (χ2n) is 6.94. The Balaban J connectivity index is 2.27. The number of rotatable bonds is 7. The first-order valence-corrected chi connectivity index (χ1v) is 9.89. The Morgan fingerprint density at radius 1 is 1.36 bits per heavy atom. The van der Waals surface area contributed by atoms with Crippen LogP contribution in [0.25, 0.3) is 0 Å². The van der Waals surface area contributed by atoms with Gasteiger partial charge in [-0.3, -0.25) is 14.5 Å². The fourth-order valence-electron chi connectivity index (χ4n) is 2.47. The highest BCUT2D eigenvalue weighted by Gasteiger charge is 2.31. The molecule has 1 heterocycles. The third-order valence-electron chi connectivity index (χ3n) is 3.80. The Bertz CT molecular complexity index is 766. The molecule has 1 amide bonds. The molecular weight excluding hydrogens is 340 g/mol. The average molecular weight is 366 g/mol. The van der Waals surface area contributed by atoms with Gasteiger partial charge in [0.05, 0.1) is 4.90 Å². The van der Waals surface area contributed by atoms with E-state index in [-0.39, 0.29) is 16.6 Å². The Hall–Kier alpha value is -1.93. The van der Waals surface area contributed by atoms with Crippen molar-refractivity contribution in [2.75, 3.05) is 6.54 Å². The van der Waals surface area contributed by atoms with Gasteiger partial charge in [0, 0.05) is 17.6 Å². The van der Waals surface area contributed by atoms with E-state index in [2.05, 4.69) is 15.0 Å². The van der Waals surface area contributed by atoms with E-state index in [1.807, 2.05) is 20.8 Å². The second kappa shape index (κ2) is 7.53. The lowest BCUT2D eigenvalue weighted by atomic mass is 10.1. The van der Waals surface area contributed by atoms with Gasteiger partial charge in [-0.25, -0.2) is 8.42 Å². The summed E-state index contributed by atoms with van der Waals surface area (Å²) in [6.45, 7) is 5.99. The first kappa shape index (κ1) is 19.4. The number of amides is 1. The first-order valence-electron chi connectivity index (χ1n) is 8.40. The van der Waals surface area contributed by atoms with E-state index in [4.69, 9.17) is 5.73 Å². The molecule has 0 bridgehead atoms. The van der Waals surface area contributed by atoms with Crippen LogP contribution >= 0.6 is 0 Å². The SMILES string of the molecule is CCCCC(N=C1NS(=O)(=O)c2ccccc21)C(=O)NCC(C)(C)N. The normalized spacial score (nSPS) is 18.5. The molecule has 1 aliphatic heterocycles. The lowest BCUT2D eigenvalue weighted by molar-refractivity contribution is -0.122. The molecule has 1 aliphatic rings. The van der Waals surface area contributed by atoms with Crippen LogP contribution in [0.5, 0.6) is 0 Å². The number of aliphatic imine (C=N–C) groups is 1. The molecule has 0 saturated heterocycles. The summed E-state index contributed by atoms with van der Waals surface area (Å²) in [6.07, 6.45) is 2.27. The lowest BCUT2D eigenvalue weighted by Gasteiger charge is -2.21. The van der Waals surface area contributed by atoms with E-state index >= 15 is 0 Å². The molecule has 7 nitrogen and oxygen atoms in total. The number of nitrogens with two attached hydrogens (primary N) is 1. The van der Waals surface area contributed by atoms with Crippen molar-refractivity contribution in [2.45, 2.75) is 56.5 Å². The molecule has 1 atom stereocenters. The Morgan fingerprint density at radius 2 is 2.04 bits per heavy atom. The number of hydrogen-bond donors (Lipinski definition) is 3. The molecule has 0 aliphatic carbocycles. The summed E-state index contributed by atoms with van der Waals surface area (Å²) in [5.74, 6) is -0.0260. The first-order chi connectivity index (χ1) is 11.6. The van der Waals surface area contributed by atoms with Crippen LogP contribution < -0.4 is 15.8 Å². The number of fused-ring (bicyclic) bond motifs is 1. The average Bonchev–Trinajstić information content (AvgIpc) is 2.79. The predicted octanol–water partition coefficient (Wildman–Crippen LogP) is 1.14. The molecule has 1 aromatic carbocycles. The monoisotopic (exact) mass is 366 g/mol. The van der Waals surface area contributed by atoms with Gasteiger partial charge < -0.3 is 11.1 Å². The van der Waals surface area contributed by atoms with Gasteiger partial charge in [0.2, 0.25) is 5.91 Å². The molecule has 1 unspecified atom stereocenters. The molecule has 1 aromatic rings. The smallest absolute Gasteiger partial charge is 0.263 e. The minimum atomic E-state index is -3.61. The topological polar surface area (TPSA) is 114 Å². The highest BCUT2D eigenvalue weighted by atomic mass is 32.2. The van der Waals surface area contributed by atoms with E-state index in [0.29, 0.717) is 18.5 Å². The van der Waals surface area contributed by atoms with Crippen LogP contribution in [0.3, 0.4) is 0 Å². The molecule has 0 spiro atoms. The maximum atomic E-state index is 12.5. The van der Waals surface area contributed by atoms with Crippen LogP contribution in [0, 0.1) is 0 Å². The Morgan fingerprint density at radius 3 is 2.68 bits per heavy atom. The minimum absolute atomic E-state index is 0.187. The summed E-state index contributed by atoms with van der Waals surface area (Å²) in [7, 11) is -3.61. The third-order valence-corrected chi connectivity index (χ3v) is 5.20. The van der Waals surface area contributed by atoms with Gasteiger partial charge in [0.1, 0.15) is 11.9 Å². The van der Waals surface area contributed by atoms with Crippen LogP contribution in [0.1, 0.15) is 45.6 Å². The predicted molar refractivity (Wildman–Crippen MR) is 97.9 cm³/mol. The van der Waals surface area contributed by atoms with Gasteiger partial charge in [-0.05, 0) is 32.4 Å². The number of carbonyl (C=O) groups is 1. The van der Waals surface area contributed by atoms with Gasteiger partial charge in [0.15, 0.2) is 0 Å². The van der Waals surface area contributed by atoms with E-state index in [1.165, 1.54) is 6.07 Å². The summed E-state index contributed by atoms with van der Waals surface area (Å²) < 4.78 is 26.8. The Labute approximate surface area is 149 Å². The number of nitrogens with zero attached hydrogens (tertiary/aromatic N) is 1. The summed E-state index contributed by atoms with van der Waals surface area (Å²) in [5, 5.41) is 2.80. The highest BCUT2D eigenvalue weighted by molar-refractivity contribution is 7.90. The zero-order valence-electron chi connectivity index (χ0n) is 14.9. The Kier molecular flexibility index (Phi) is 5.84. The molecule has 4 N–H and O–H groups in total. The minimum Gasteiger partial charge on any atom is -0.352 e. The van der Waals surface area contributed by atoms with Gasteiger partial charge >= 0.3 is 0 Å². The van der Waals surface area contributed by atoms with E-state index in [9.17, 15) is 13.2 Å².